The Morgan fingerprint density at radius 1 is 0.667 bits per heavy atom. The number of aliphatic carboxylic acids is 2. The summed E-state index contributed by atoms with van der Waals surface area (Å²) in [4.78, 5) is 47.9. The molecule has 0 amide bonds. The van der Waals surface area contributed by atoms with Gasteiger partial charge in [-0.1, -0.05) is 48.5 Å². The smallest absolute Gasteiger partial charge is 0.320 e. The summed E-state index contributed by atoms with van der Waals surface area (Å²) in [5, 5.41) is 18.0. The molecule has 0 aliphatic carbocycles. The van der Waals surface area contributed by atoms with Crippen LogP contribution < -0.4 is 17.2 Å². The Kier molecular flexibility index (Phi) is 7.54. The predicted molar refractivity (Wildman–Crippen MR) is 108 cm³/mol. The number of nitrogens with two attached hydrogens (primary N) is 3. The molecule has 0 heterocycles. The van der Waals surface area contributed by atoms with Gasteiger partial charge in [0.2, 0.25) is 0 Å². The van der Waals surface area contributed by atoms with E-state index in [-0.39, 0.29) is 24.0 Å². The molecule has 9 nitrogen and oxygen atoms in total. The van der Waals surface area contributed by atoms with Gasteiger partial charge in [-0.05, 0) is 24.0 Å². The maximum Gasteiger partial charge on any atom is 0.320 e. The minimum atomic E-state index is -1.56. The van der Waals surface area contributed by atoms with Gasteiger partial charge in [-0.3, -0.25) is 19.2 Å². The van der Waals surface area contributed by atoms with Crippen molar-refractivity contribution in [3.05, 3.63) is 70.8 Å². The van der Waals surface area contributed by atoms with Gasteiger partial charge in [-0.15, -0.1) is 0 Å². The van der Waals surface area contributed by atoms with Gasteiger partial charge in [0.15, 0.2) is 11.6 Å². The largest absolute Gasteiger partial charge is 0.480 e. The fourth-order valence-corrected chi connectivity index (χ4v) is 2.98. The molecule has 0 aliphatic rings. The number of carbonyl (C=O) groups is 4. The Balaban J connectivity index is 2.31. The lowest BCUT2D eigenvalue weighted by molar-refractivity contribution is -0.139. The second-order valence-corrected chi connectivity index (χ2v) is 6.82. The molecule has 0 aromatic heterocycles. The van der Waals surface area contributed by atoms with Crippen LogP contribution in [-0.2, 0) is 22.4 Å². The van der Waals surface area contributed by atoms with Crippen LogP contribution >= 0.6 is 0 Å². The number of carboxylic acid groups (broad SMARTS) is 2. The van der Waals surface area contributed by atoms with Crippen LogP contribution in [0.5, 0.6) is 0 Å². The highest BCUT2D eigenvalue weighted by Crippen LogP contribution is 2.18. The minimum absolute atomic E-state index is 0.106. The zero-order valence-electron chi connectivity index (χ0n) is 16.0. The van der Waals surface area contributed by atoms with Crippen molar-refractivity contribution < 1.29 is 29.4 Å². The highest BCUT2D eigenvalue weighted by atomic mass is 16.4. The van der Waals surface area contributed by atoms with Gasteiger partial charge in [0, 0.05) is 11.1 Å². The zero-order valence-corrected chi connectivity index (χ0v) is 16.0. The van der Waals surface area contributed by atoms with Crippen LogP contribution in [0.2, 0.25) is 0 Å². The lowest BCUT2D eigenvalue weighted by atomic mass is 9.89. The molecule has 0 saturated heterocycles. The van der Waals surface area contributed by atoms with Crippen molar-refractivity contribution in [3.8, 4) is 0 Å². The van der Waals surface area contributed by atoms with Crippen molar-refractivity contribution in [1.82, 2.24) is 0 Å². The van der Waals surface area contributed by atoms with Crippen LogP contribution in [-0.4, -0.2) is 51.8 Å². The van der Waals surface area contributed by atoms with Crippen LogP contribution in [0.3, 0.4) is 0 Å². The van der Waals surface area contributed by atoms with Crippen molar-refractivity contribution in [2.24, 2.45) is 17.2 Å². The zero-order chi connectivity index (χ0) is 22.4. The molecule has 2 atom stereocenters. The summed E-state index contributed by atoms with van der Waals surface area (Å²) in [6.07, 6.45) is -0.218. The van der Waals surface area contributed by atoms with Crippen LogP contribution in [0.1, 0.15) is 31.8 Å². The Labute approximate surface area is 172 Å². The number of carboxylic acids is 2. The number of hydrogen-bond donors (Lipinski definition) is 5. The highest BCUT2D eigenvalue weighted by Gasteiger charge is 2.29. The van der Waals surface area contributed by atoms with Gasteiger partial charge < -0.3 is 27.4 Å². The SMILES string of the molecule is NC(C(=O)c1ccccc1C[C@H](N)C(=O)O)C(=O)c1ccccc1C[C@H](N)C(=O)O. The maximum atomic E-state index is 12.9. The summed E-state index contributed by atoms with van der Waals surface area (Å²) in [6, 6.07) is 8.38. The van der Waals surface area contributed by atoms with Crippen LogP contribution in [0.4, 0.5) is 0 Å². The standard InChI is InChI=1S/C21H23N3O6/c22-15(20(27)28)9-11-5-1-3-7-13(11)18(25)17(24)19(26)14-8-4-2-6-12(14)10-16(23)21(29)30/h1-8,15-17H,9-10,22-24H2,(H,27,28)(H,29,30)/t15-,16-/m0/s1. The van der Waals surface area contributed by atoms with Crippen LogP contribution in [0.15, 0.2) is 48.5 Å². The average Bonchev–Trinajstić information content (AvgIpc) is 2.72. The predicted octanol–water partition coefficient (Wildman–Crippen LogP) is -0.0117. The molecule has 0 spiro atoms. The summed E-state index contributed by atoms with van der Waals surface area (Å²) in [5.74, 6) is -3.82. The molecule has 0 aliphatic heterocycles. The Hall–Kier alpha value is -3.40. The third-order valence-electron chi connectivity index (χ3n) is 4.64. The number of rotatable bonds is 10. The highest BCUT2D eigenvalue weighted by molar-refractivity contribution is 6.20. The minimum Gasteiger partial charge on any atom is -0.480 e. The lowest BCUT2D eigenvalue weighted by Crippen LogP contribution is -2.41. The summed E-state index contributed by atoms with van der Waals surface area (Å²) >= 11 is 0. The average molecular weight is 413 g/mol. The van der Waals surface area contributed by atoms with Crippen molar-refractivity contribution >= 4 is 23.5 Å². The van der Waals surface area contributed by atoms with Crippen LogP contribution in [0, 0.1) is 0 Å². The molecule has 0 unspecified atom stereocenters. The molecule has 9 heteroatoms. The van der Waals surface area contributed by atoms with E-state index in [0.717, 1.165) is 0 Å². The van der Waals surface area contributed by atoms with E-state index < -0.39 is 41.6 Å². The summed E-state index contributed by atoms with van der Waals surface area (Å²) in [7, 11) is 0. The second kappa shape index (κ2) is 9.88. The third-order valence-corrected chi connectivity index (χ3v) is 4.64. The number of Topliss-reactive ketones (excluding diaryl/α,β-unsaturated/α-hetero) is 2. The van der Waals surface area contributed by atoms with Crippen LogP contribution in [0.25, 0.3) is 0 Å². The normalized spacial score (nSPS) is 12.9. The van der Waals surface area contributed by atoms with Gasteiger partial charge in [-0.25, -0.2) is 0 Å². The topological polar surface area (TPSA) is 187 Å². The Morgan fingerprint density at radius 2 is 1.00 bits per heavy atom. The number of carbonyl (C=O) groups excluding carboxylic acids is 2. The van der Waals surface area contributed by atoms with E-state index in [1.54, 1.807) is 36.4 Å². The van der Waals surface area contributed by atoms with E-state index in [4.69, 9.17) is 27.4 Å². The van der Waals surface area contributed by atoms with Crippen molar-refractivity contribution in [3.63, 3.8) is 0 Å². The molecule has 2 aromatic rings. The number of ketones is 2. The van der Waals surface area contributed by atoms with E-state index in [2.05, 4.69) is 0 Å². The molecular weight excluding hydrogens is 390 g/mol. The fourth-order valence-electron chi connectivity index (χ4n) is 2.98. The lowest BCUT2D eigenvalue weighted by Gasteiger charge is -2.16. The quantitative estimate of drug-likeness (QED) is 0.264. The van der Waals surface area contributed by atoms with E-state index in [9.17, 15) is 19.2 Å². The van der Waals surface area contributed by atoms with E-state index in [0.29, 0.717) is 11.1 Å². The van der Waals surface area contributed by atoms with Gasteiger partial charge in [0.25, 0.3) is 0 Å². The molecule has 0 saturated carbocycles. The Morgan fingerprint density at radius 3 is 1.33 bits per heavy atom. The molecule has 158 valence electrons. The molecule has 0 fully saturated rings. The first-order valence-electron chi connectivity index (χ1n) is 9.10. The monoisotopic (exact) mass is 413 g/mol. The summed E-state index contributed by atoms with van der Waals surface area (Å²) in [6.45, 7) is 0. The first-order valence-corrected chi connectivity index (χ1v) is 9.10. The summed E-state index contributed by atoms with van der Waals surface area (Å²) in [5.41, 5.74) is 18.0. The van der Waals surface area contributed by atoms with E-state index in [1.807, 2.05) is 0 Å². The second-order valence-electron chi connectivity index (χ2n) is 6.82. The van der Waals surface area contributed by atoms with E-state index >= 15 is 0 Å². The molecule has 30 heavy (non-hydrogen) atoms. The molecule has 0 bridgehead atoms. The third kappa shape index (κ3) is 5.35. The van der Waals surface area contributed by atoms with Crippen molar-refractivity contribution in [2.45, 2.75) is 31.0 Å². The first-order chi connectivity index (χ1) is 14.1. The Bertz CT molecular complexity index is 897. The van der Waals surface area contributed by atoms with Crippen molar-refractivity contribution in [2.75, 3.05) is 0 Å². The molecule has 2 rings (SSSR count). The molecule has 8 N–H and O–H groups in total. The van der Waals surface area contributed by atoms with E-state index in [1.165, 1.54) is 12.1 Å². The van der Waals surface area contributed by atoms with Gasteiger partial charge in [0.05, 0.1) is 0 Å². The molecular formula is C21H23N3O6. The molecule has 2 aromatic carbocycles. The maximum absolute atomic E-state index is 12.9. The first kappa shape index (κ1) is 22.9. The van der Waals surface area contributed by atoms with Crippen molar-refractivity contribution in [1.29, 1.82) is 0 Å². The fraction of sp³-hybridized carbons (Fsp3) is 0.238. The number of benzene rings is 2. The van der Waals surface area contributed by atoms with Gasteiger partial charge in [-0.2, -0.15) is 0 Å². The summed E-state index contributed by atoms with van der Waals surface area (Å²) < 4.78 is 0. The molecule has 0 radical (unpaired) electrons. The van der Waals surface area contributed by atoms with Gasteiger partial charge in [0.1, 0.15) is 18.1 Å². The van der Waals surface area contributed by atoms with Gasteiger partial charge >= 0.3 is 11.9 Å². The number of hydrogen-bond acceptors (Lipinski definition) is 7.